The second-order valence-electron chi connectivity index (χ2n) is 6.87. The van der Waals surface area contributed by atoms with Crippen LogP contribution in [0.4, 0.5) is 19.1 Å². The number of nitrogens with one attached hydrogen (secondary N) is 2. The van der Waals surface area contributed by atoms with Gasteiger partial charge in [-0.1, -0.05) is 11.8 Å². The van der Waals surface area contributed by atoms with Crippen molar-refractivity contribution in [3.8, 4) is 11.8 Å². The molecule has 168 valence electrons. The summed E-state index contributed by atoms with van der Waals surface area (Å²) < 4.78 is 43.5. The number of carbonyl (C=O) groups is 1. The van der Waals surface area contributed by atoms with Gasteiger partial charge in [-0.25, -0.2) is 0 Å². The number of alkyl halides is 3. The van der Waals surface area contributed by atoms with E-state index in [1.807, 2.05) is 0 Å². The molecular weight excluding hydrogens is 423 g/mol. The van der Waals surface area contributed by atoms with Crippen LogP contribution in [0.2, 0.25) is 0 Å². The first kappa shape index (κ1) is 22.6. The Morgan fingerprint density at radius 2 is 2.23 bits per heavy atom. The monoisotopic (exact) mass is 443 g/mol. The molecule has 2 aromatic heterocycles. The van der Waals surface area contributed by atoms with E-state index in [-0.39, 0.29) is 55.0 Å². The lowest BCUT2D eigenvalue weighted by molar-refractivity contribution is -0.173. The van der Waals surface area contributed by atoms with Gasteiger partial charge in [-0.2, -0.15) is 18.2 Å². The van der Waals surface area contributed by atoms with Gasteiger partial charge in [0.05, 0.1) is 23.7 Å². The molecule has 0 radical (unpaired) electrons. The SMILES string of the molecule is Nc1nc2c(c(C#CCCCNC(=O)C(F)(F)F)cn2[C@H]2C[C@H](O)[C@@H](CO)O2)c(=O)[nH]1. The zero-order valence-electron chi connectivity index (χ0n) is 16.1. The summed E-state index contributed by atoms with van der Waals surface area (Å²) >= 11 is 0. The van der Waals surface area contributed by atoms with Crippen molar-refractivity contribution in [2.75, 3.05) is 18.9 Å². The zero-order chi connectivity index (χ0) is 22.8. The number of rotatable bonds is 5. The number of aliphatic hydroxyl groups is 2. The van der Waals surface area contributed by atoms with Gasteiger partial charge in [0, 0.05) is 25.6 Å². The average Bonchev–Trinajstić information content (AvgIpc) is 3.23. The maximum absolute atomic E-state index is 12.4. The number of nitrogens with zero attached hydrogens (tertiary/aromatic N) is 2. The van der Waals surface area contributed by atoms with Crippen LogP contribution in [0.15, 0.2) is 11.0 Å². The predicted molar refractivity (Wildman–Crippen MR) is 102 cm³/mol. The number of aromatic amines is 1. The van der Waals surface area contributed by atoms with Gasteiger partial charge in [0.2, 0.25) is 5.95 Å². The van der Waals surface area contributed by atoms with Crippen LogP contribution in [0, 0.1) is 11.8 Å². The molecule has 6 N–H and O–H groups in total. The van der Waals surface area contributed by atoms with Crippen LogP contribution in [-0.4, -0.2) is 62.2 Å². The van der Waals surface area contributed by atoms with E-state index < -0.39 is 36.1 Å². The quantitative estimate of drug-likeness (QED) is 0.315. The number of unbranched alkanes of at least 4 members (excludes halogenated alkanes) is 1. The van der Waals surface area contributed by atoms with Gasteiger partial charge in [0.1, 0.15) is 12.3 Å². The van der Waals surface area contributed by atoms with Crippen LogP contribution in [0.5, 0.6) is 0 Å². The highest BCUT2D eigenvalue weighted by atomic mass is 19.4. The molecule has 0 bridgehead atoms. The maximum atomic E-state index is 12.4. The van der Waals surface area contributed by atoms with Crippen LogP contribution in [-0.2, 0) is 9.53 Å². The Bertz CT molecular complexity index is 1080. The molecule has 31 heavy (non-hydrogen) atoms. The first-order valence-corrected chi connectivity index (χ1v) is 9.30. The number of aliphatic hydroxyl groups excluding tert-OH is 2. The van der Waals surface area contributed by atoms with E-state index in [1.165, 1.54) is 10.8 Å². The highest BCUT2D eigenvalue weighted by Gasteiger charge is 2.38. The molecule has 1 aliphatic heterocycles. The lowest BCUT2D eigenvalue weighted by Gasteiger charge is -2.14. The highest BCUT2D eigenvalue weighted by Crippen LogP contribution is 2.32. The summed E-state index contributed by atoms with van der Waals surface area (Å²) in [5, 5.41) is 21.1. The van der Waals surface area contributed by atoms with E-state index in [1.54, 1.807) is 5.32 Å². The molecule has 0 unspecified atom stereocenters. The van der Waals surface area contributed by atoms with Crippen molar-refractivity contribution >= 4 is 22.9 Å². The van der Waals surface area contributed by atoms with Gasteiger partial charge in [0.25, 0.3) is 5.56 Å². The van der Waals surface area contributed by atoms with Crippen LogP contribution in [0.25, 0.3) is 11.0 Å². The first-order valence-electron chi connectivity index (χ1n) is 9.30. The topological polar surface area (TPSA) is 155 Å². The molecule has 3 atom stereocenters. The largest absolute Gasteiger partial charge is 0.471 e. The minimum absolute atomic E-state index is 0.131. The van der Waals surface area contributed by atoms with Crippen molar-refractivity contribution in [1.29, 1.82) is 0 Å². The Morgan fingerprint density at radius 1 is 1.48 bits per heavy atom. The Hall–Kier alpha value is -3.08. The minimum Gasteiger partial charge on any atom is -0.394 e. The summed E-state index contributed by atoms with van der Waals surface area (Å²) in [5.74, 6) is 3.37. The number of H-pyrrole nitrogens is 1. The summed E-state index contributed by atoms with van der Waals surface area (Å²) in [5.41, 5.74) is 5.56. The number of anilines is 1. The van der Waals surface area contributed by atoms with Crippen LogP contribution >= 0.6 is 0 Å². The van der Waals surface area contributed by atoms with E-state index in [9.17, 15) is 33.0 Å². The van der Waals surface area contributed by atoms with E-state index in [2.05, 4.69) is 21.8 Å². The van der Waals surface area contributed by atoms with Gasteiger partial charge in [-0.15, -0.1) is 0 Å². The summed E-state index contributed by atoms with van der Waals surface area (Å²) in [4.78, 5) is 29.6. The second kappa shape index (κ2) is 8.96. The van der Waals surface area contributed by atoms with Crippen molar-refractivity contribution in [1.82, 2.24) is 19.9 Å². The number of halogens is 3. The average molecular weight is 443 g/mol. The second-order valence-corrected chi connectivity index (χ2v) is 6.87. The molecular formula is C18H20F3N5O5. The van der Waals surface area contributed by atoms with E-state index >= 15 is 0 Å². The number of amides is 1. The Morgan fingerprint density at radius 3 is 2.87 bits per heavy atom. The fraction of sp³-hybridized carbons (Fsp3) is 0.500. The molecule has 1 aliphatic rings. The molecule has 10 nitrogen and oxygen atoms in total. The maximum Gasteiger partial charge on any atom is 0.471 e. The summed E-state index contributed by atoms with van der Waals surface area (Å²) in [6, 6.07) is 0. The molecule has 0 aliphatic carbocycles. The van der Waals surface area contributed by atoms with Gasteiger partial charge in [-0.3, -0.25) is 14.6 Å². The molecule has 2 aromatic rings. The number of fused-ring (bicyclic) bond motifs is 1. The third kappa shape index (κ3) is 4.98. The van der Waals surface area contributed by atoms with Crippen molar-refractivity contribution in [2.45, 2.75) is 43.9 Å². The number of hydrogen-bond donors (Lipinski definition) is 5. The van der Waals surface area contributed by atoms with Crippen molar-refractivity contribution in [2.24, 2.45) is 0 Å². The van der Waals surface area contributed by atoms with E-state index in [0.29, 0.717) is 0 Å². The number of hydrogen-bond acceptors (Lipinski definition) is 7. The van der Waals surface area contributed by atoms with Gasteiger partial charge < -0.3 is 30.6 Å². The molecule has 13 heteroatoms. The Labute approximate surface area is 173 Å². The van der Waals surface area contributed by atoms with Crippen molar-refractivity contribution in [3.05, 3.63) is 22.1 Å². The van der Waals surface area contributed by atoms with Crippen molar-refractivity contribution in [3.63, 3.8) is 0 Å². The number of ether oxygens (including phenoxy) is 1. The molecule has 1 amide bonds. The number of nitrogens with two attached hydrogens (primary N) is 1. The number of nitrogen functional groups attached to an aromatic ring is 1. The smallest absolute Gasteiger partial charge is 0.394 e. The van der Waals surface area contributed by atoms with Crippen molar-refractivity contribution < 1.29 is 32.9 Å². The van der Waals surface area contributed by atoms with Crippen LogP contribution < -0.4 is 16.6 Å². The minimum atomic E-state index is -4.94. The molecule has 0 aromatic carbocycles. The fourth-order valence-corrected chi connectivity index (χ4v) is 3.17. The number of aromatic nitrogens is 3. The molecule has 1 fully saturated rings. The zero-order valence-corrected chi connectivity index (χ0v) is 16.1. The summed E-state index contributed by atoms with van der Waals surface area (Å²) in [7, 11) is 0. The Balaban J connectivity index is 1.79. The number of carbonyl (C=O) groups excluding carboxylic acids is 1. The van der Waals surface area contributed by atoms with Crippen LogP contribution in [0.1, 0.15) is 31.1 Å². The fourth-order valence-electron chi connectivity index (χ4n) is 3.17. The van der Waals surface area contributed by atoms with E-state index in [0.717, 1.165) is 0 Å². The molecule has 0 spiro atoms. The summed E-state index contributed by atoms with van der Waals surface area (Å²) in [6.45, 7) is -0.589. The van der Waals surface area contributed by atoms with Crippen LogP contribution in [0.3, 0.4) is 0 Å². The van der Waals surface area contributed by atoms with E-state index in [4.69, 9.17) is 10.5 Å². The molecule has 3 heterocycles. The third-order valence-electron chi connectivity index (χ3n) is 4.64. The predicted octanol–water partition coefficient (Wildman–Crippen LogP) is -0.242. The molecule has 3 rings (SSSR count). The van der Waals surface area contributed by atoms with Gasteiger partial charge in [-0.05, 0) is 6.42 Å². The lowest BCUT2D eigenvalue weighted by atomic mass is 10.2. The Kier molecular flexibility index (Phi) is 6.54. The lowest BCUT2D eigenvalue weighted by Crippen LogP contribution is -2.37. The normalized spacial score (nSPS) is 21.1. The molecule has 0 saturated carbocycles. The standard InChI is InChI=1S/C18H20F3N5O5/c19-18(20,21)16(30)23-5-3-1-2-4-9-7-26(12-6-10(28)11(8-27)31-12)14-13(9)15(29)25-17(22)24-14/h7,10-12,27-28H,1,3,5-6,8H2,(H,23,30)(H3,22,24,25,29)/t10-,11+,12+/m0/s1. The summed E-state index contributed by atoms with van der Waals surface area (Å²) in [6.07, 6.45) is -5.36. The molecule has 1 saturated heterocycles. The van der Waals surface area contributed by atoms with Gasteiger partial charge >= 0.3 is 12.1 Å². The third-order valence-corrected chi connectivity index (χ3v) is 4.64. The first-order chi connectivity index (χ1) is 14.6. The van der Waals surface area contributed by atoms with Gasteiger partial charge in [0.15, 0.2) is 5.65 Å². The highest BCUT2D eigenvalue weighted by molar-refractivity contribution is 5.83.